The van der Waals surface area contributed by atoms with Crippen LogP contribution in [0.2, 0.25) is 0 Å². The van der Waals surface area contributed by atoms with Crippen molar-refractivity contribution >= 4 is 16.8 Å². The average Bonchev–Trinajstić information content (AvgIpc) is 3.37. The second-order valence-corrected chi connectivity index (χ2v) is 6.65. The van der Waals surface area contributed by atoms with Crippen molar-refractivity contribution in [2.75, 3.05) is 6.61 Å². The number of nitrogens with one attached hydrogen (secondary N) is 1. The number of aromatic amines is 1. The summed E-state index contributed by atoms with van der Waals surface area (Å²) in [5.74, 6) is 0.322. The number of aliphatic hydroxyl groups excluding tert-OH is 1. The number of carbonyl (C=O) groups is 1. The van der Waals surface area contributed by atoms with Crippen LogP contribution < -0.4 is 0 Å². The van der Waals surface area contributed by atoms with Gasteiger partial charge in [0.15, 0.2) is 0 Å². The van der Waals surface area contributed by atoms with Crippen LogP contribution in [0, 0.1) is 5.92 Å². The van der Waals surface area contributed by atoms with E-state index in [-0.39, 0.29) is 18.6 Å². The monoisotopic (exact) mass is 335 g/mol. The van der Waals surface area contributed by atoms with Gasteiger partial charge in [-0.25, -0.2) is 0 Å². The number of hydrogen-bond donors (Lipinski definition) is 2. The van der Waals surface area contributed by atoms with Crippen LogP contribution in [0.3, 0.4) is 0 Å². The molecule has 1 saturated carbocycles. The Hall–Kier alpha value is -2.66. The largest absolute Gasteiger partial charge is 0.394 e. The quantitative estimate of drug-likeness (QED) is 0.727. The van der Waals surface area contributed by atoms with E-state index in [0.717, 1.165) is 29.3 Å². The summed E-state index contributed by atoms with van der Waals surface area (Å²) in [6, 6.07) is 15.4. The molecule has 0 radical (unpaired) electrons. The molecule has 0 spiro atoms. The van der Waals surface area contributed by atoms with E-state index in [9.17, 15) is 9.90 Å². The second-order valence-electron chi connectivity index (χ2n) is 6.65. The minimum absolute atomic E-state index is 0.0117. The molecule has 25 heavy (non-hydrogen) atoms. The lowest BCUT2D eigenvalue weighted by Crippen LogP contribution is -2.43. The summed E-state index contributed by atoms with van der Waals surface area (Å²) in [5.41, 5.74) is 2.41. The minimum Gasteiger partial charge on any atom is -0.394 e. The normalized spacial score (nSPS) is 15.2. The molecule has 1 aromatic heterocycles. The highest BCUT2D eigenvalue weighted by Gasteiger charge is 2.37. The van der Waals surface area contributed by atoms with Gasteiger partial charge in [-0.1, -0.05) is 42.5 Å². The van der Waals surface area contributed by atoms with Gasteiger partial charge in [-0.15, -0.1) is 0 Å². The summed E-state index contributed by atoms with van der Waals surface area (Å²) < 4.78 is 0. The van der Waals surface area contributed by atoms with Gasteiger partial charge in [0.25, 0.3) is 5.91 Å². The van der Waals surface area contributed by atoms with E-state index in [1.54, 1.807) is 6.20 Å². The fourth-order valence-corrected chi connectivity index (χ4v) is 3.40. The molecule has 2 N–H and O–H groups in total. The molecule has 3 aromatic rings. The predicted octanol–water partition coefficient (Wildman–Crippen LogP) is 2.98. The van der Waals surface area contributed by atoms with Gasteiger partial charge in [-0.05, 0) is 30.4 Å². The Morgan fingerprint density at radius 3 is 2.72 bits per heavy atom. The summed E-state index contributed by atoms with van der Waals surface area (Å²) in [6.07, 6.45) is 3.86. The molecule has 0 saturated heterocycles. The molecule has 1 aliphatic rings. The van der Waals surface area contributed by atoms with Crippen LogP contribution in [-0.2, 0) is 6.54 Å². The molecule has 0 aliphatic heterocycles. The van der Waals surface area contributed by atoms with Gasteiger partial charge < -0.3 is 10.0 Å². The smallest absolute Gasteiger partial charge is 0.256 e. The molecule has 5 nitrogen and oxygen atoms in total. The number of hydrogen-bond acceptors (Lipinski definition) is 3. The van der Waals surface area contributed by atoms with Crippen LogP contribution in [0.1, 0.15) is 28.8 Å². The zero-order chi connectivity index (χ0) is 17.2. The van der Waals surface area contributed by atoms with Crippen molar-refractivity contribution < 1.29 is 9.90 Å². The second kappa shape index (κ2) is 6.69. The maximum Gasteiger partial charge on any atom is 0.256 e. The number of aliphatic hydroxyl groups is 1. The zero-order valence-electron chi connectivity index (χ0n) is 13.9. The maximum atomic E-state index is 13.4. The molecule has 1 heterocycles. The van der Waals surface area contributed by atoms with Crippen LogP contribution in [0.15, 0.2) is 54.7 Å². The zero-order valence-corrected chi connectivity index (χ0v) is 13.9. The number of nitrogens with zero attached hydrogens (tertiary/aromatic N) is 2. The number of H-pyrrole nitrogens is 1. The fraction of sp³-hybridized carbons (Fsp3) is 0.300. The Morgan fingerprint density at radius 1 is 1.20 bits per heavy atom. The number of fused-ring (bicyclic) bond motifs is 1. The van der Waals surface area contributed by atoms with Gasteiger partial charge in [0.2, 0.25) is 0 Å². The number of para-hydroxylation sites is 1. The molecular formula is C20H21N3O2. The van der Waals surface area contributed by atoms with E-state index in [1.807, 2.05) is 53.4 Å². The molecule has 1 atom stereocenters. The van der Waals surface area contributed by atoms with E-state index in [0.29, 0.717) is 18.0 Å². The third-order valence-electron chi connectivity index (χ3n) is 4.92. The maximum absolute atomic E-state index is 13.4. The van der Waals surface area contributed by atoms with Crippen molar-refractivity contribution in [2.24, 2.45) is 5.92 Å². The Labute approximate surface area is 146 Å². The first-order valence-corrected chi connectivity index (χ1v) is 8.66. The lowest BCUT2D eigenvalue weighted by molar-refractivity contribution is 0.0533. The van der Waals surface area contributed by atoms with Crippen LogP contribution in [0.25, 0.3) is 10.9 Å². The Bertz CT molecular complexity index is 871. The average molecular weight is 335 g/mol. The van der Waals surface area contributed by atoms with Gasteiger partial charge in [-0.2, -0.15) is 5.10 Å². The molecule has 1 aliphatic carbocycles. The lowest BCUT2D eigenvalue weighted by atomic mass is 10.1. The van der Waals surface area contributed by atoms with E-state index in [1.165, 1.54) is 0 Å². The molecule has 2 aromatic carbocycles. The molecule has 128 valence electrons. The number of aromatic nitrogens is 2. The summed E-state index contributed by atoms with van der Waals surface area (Å²) in [4.78, 5) is 15.2. The van der Waals surface area contributed by atoms with Gasteiger partial charge >= 0.3 is 0 Å². The molecule has 5 heteroatoms. The lowest BCUT2D eigenvalue weighted by Gasteiger charge is -2.31. The topological polar surface area (TPSA) is 69.2 Å². The van der Waals surface area contributed by atoms with Gasteiger partial charge in [0.1, 0.15) is 0 Å². The van der Waals surface area contributed by atoms with E-state index in [2.05, 4.69) is 10.2 Å². The van der Waals surface area contributed by atoms with E-state index < -0.39 is 0 Å². The number of rotatable bonds is 6. The third-order valence-corrected chi connectivity index (χ3v) is 4.92. The van der Waals surface area contributed by atoms with Gasteiger partial charge in [-0.3, -0.25) is 9.89 Å². The van der Waals surface area contributed by atoms with Crippen molar-refractivity contribution in [3.63, 3.8) is 0 Å². The van der Waals surface area contributed by atoms with Crippen molar-refractivity contribution in [3.8, 4) is 0 Å². The Kier molecular flexibility index (Phi) is 4.24. The Balaban J connectivity index is 1.71. The summed E-state index contributed by atoms with van der Waals surface area (Å²) in [5, 5.41) is 17.8. The first kappa shape index (κ1) is 15.8. The van der Waals surface area contributed by atoms with Gasteiger partial charge in [0, 0.05) is 11.9 Å². The van der Waals surface area contributed by atoms with E-state index in [4.69, 9.17) is 0 Å². The van der Waals surface area contributed by atoms with Crippen molar-refractivity contribution in [1.82, 2.24) is 15.1 Å². The van der Waals surface area contributed by atoms with Crippen LogP contribution in [0.5, 0.6) is 0 Å². The third kappa shape index (κ3) is 3.15. The van der Waals surface area contributed by atoms with E-state index >= 15 is 0 Å². The summed E-state index contributed by atoms with van der Waals surface area (Å²) >= 11 is 0. The van der Waals surface area contributed by atoms with Crippen molar-refractivity contribution in [3.05, 3.63) is 65.9 Å². The van der Waals surface area contributed by atoms with Crippen LogP contribution in [0.4, 0.5) is 0 Å². The summed E-state index contributed by atoms with van der Waals surface area (Å²) in [6.45, 7) is 0.480. The minimum atomic E-state index is -0.147. The van der Waals surface area contributed by atoms with Crippen LogP contribution >= 0.6 is 0 Å². The first-order valence-electron chi connectivity index (χ1n) is 8.66. The fourth-order valence-electron chi connectivity index (χ4n) is 3.40. The molecule has 1 unspecified atom stereocenters. The SMILES string of the molecule is O=C(c1cccc2cn[nH]c12)N(Cc1ccccc1)C(CO)C1CC1. The molecular weight excluding hydrogens is 314 g/mol. The standard InChI is InChI=1S/C20H21N3O2/c24-13-18(15-9-10-15)23(12-14-5-2-1-3-6-14)20(25)17-8-4-7-16-11-21-22-19(16)17/h1-8,11,15,18,24H,9-10,12-13H2,(H,21,22). The molecule has 1 fully saturated rings. The highest BCUT2D eigenvalue weighted by Crippen LogP contribution is 2.36. The molecule has 4 rings (SSSR count). The van der Waals surface area contributed by atoms with Crippen molar-refractivity contribution in [2.45, 2.75) is 25.4 Å². The predicted molar refractivity (Wildman–Crippen MR) is 96.0 cm³/mol. The highest BCUT2D eigenvalue weighted by atomic mass is 16.3. The number of benzene rings is 2. The number of amides is 1. The molecule has 0 bridgehead atoms. The highest BCUT2D eigenvalue weighted by molar-refractivity contribution is 6.05. The van der Waals surface area contributed by atoms with Crippen molar-refractivity contribution in [1.29, 1.82) is 0 Å². The molecule has 1 amide bonds. The summed E-state index contributed by atoms with van der Waals surface area (Å²) in [7, 11) is 0. The first-order chi connectivity index (χ1) is 12.3. The Morgan fingerprint density at radius 2 is 2.00 bits per heavy atom. The number of carbonyl (C=O) groups excluding carboxylic acids is 1. The van der Waals surface area contributed by atoms with Crippen LogP contribution in [-0.4, -0.2) is 38.8 Å². The van der Waals surface area contributed by atoms with Gasteiger partial charge in [0.05, 0.1) is 29.9 Å².